The first-order valence-electron chi connectivity index (χ1n) is 9.51. The maximum absolute atomic E-state index is 12.6. The van der Waals surface area contributed by atoms with E-state index < -0.39 is 10.0 Å². The molecule has 0 radical (unpaired) electrons. The van der Waals surface area contributed by atoms with Crippen LogP contribution in [0.1, 0.15) is 0 Å². The van der Waals surface area contributed by atoms with Gasteiger partial charge in [-0.3, -0.25) is 4.79 Å². The Morgan fingerprint density at radius 1 is 1.13 bits per heavy atom. The Hall–Kier alpha value is -1.85. The fraction of sp³-hybridized carbons (Fsp3) is 0.350. The zero-order chi connectivity index (χ0) is 22.3. The first kappa shape index (κ1) is 23.8. The molecular formula is C20H22BrClN2O6S. The Labute approximate surface area is 194 Å². The van der Waals surface area contributed by atoms with E-state index in [2.05, 4.69) is 21.2 Å². The van der Waals surface area contributed by atoms with Crippen molar-refractivity contribution in [3.05, 3.63) is 52.0 Å². The lowest BCUT2D eigenvalue weighted by molar-refractivity contribution is -0.123. The molecule has 168 valence electrons. The molecule has 1 fully saturated rings. The van der Waals surface area contributed by atoms with Gasteiger partial charge >= 0.3 is 0 Å². The first-order valence-corrected chi connectivity index (χ1v) is 12.1. The molecule has 1 N–H and O–H groups in total. The number of benzene rings is 2. The fourth-order valence-corrected chi connectivity index (χ4v) is 4.99. The van der Waals surface area contributed by atoms with Gasteiger partial charge in [-0.25, -0.2) is 8.42 Å². The third kappa shape index (κ3) is 6.81. The predicted molar refractivity (Wildman–Crippen MR) is 119 cm³/mol. The van der Waals surface area contributed by atoms with E-state index in [-0.39, 0.29) is 30.6 Å². The van der Waals surface area contributed by atoms with Gasteiger partial charge in [0.2, 0.25) is 10.0 Å². The Bertz CT molecular complexity index is 997. The van der Waals surface area contributed by atoms with E-state index in [0.29, 0.717) is 47.3 Å². The molecular weight excluding hydrogens is 512 g/mol. The molecule has 0 unspecified atom stereocenters. The lowest BCUT2D eigenvalue weighted by atomic mass is 10.3. The number of sulfonamides is 1. The van der Waals surface area contributed by atoms with Crippen LogP contribution in [0.2, 0.25) is 5.02 Å². The van der Waals surface area contributed by atoms with Crippen molar-refractivity contribution in [3.63, 3.8) is 0 Å². The van der Waals surface area contributed by atoms with Gasteiger partial charge in [0.05, 0.1) is 29.1 Å². The smallest absolute Gasteiger partial charge is 0.258 e. The first-order chi connectivity index (χ1) is 14.9. The molecule has 3 rings (SSSR count). The van der Waals surface area contributed by atoms with Crippen LogP contribution in [0.4, 0.5) is 0 Å². The summed E-state index contributed by atoms with van der Waals surface area (Å²) in [6, 6.07) is 11.2. The lowest BCUT2D eigenvalue weighted by Crippen LogP contribution is -2.40. The number of rotatable bonds is 9. The number of hydrogen-bond acceptors (Lipinski definition) is 6. The standard InChI is InChI=1S/C20H22BrClN2O6S/c21-18-13-15(22)1-6-19(18)30-14-20(25)23-7-10-29-16-2-4-17(5-3-16)31(26,27)24-8-11-28-12-9-24/h1-6,13H,7-12,14H2,(H,23,25). The SMILES string of the molecule is O=C(COc1ccc(Cl)cc1Br)NCCOc1ccc(S(=O)(=O)N2CCOCC2)cc1. The number of nitrogens with one attached hydrogen (secondary N) is 1. The summed E-state index contributed by atoms with van der Waals surface area (Å²) in [7, 11) is -3.53. The van der Waals surface area contributed by atoms with Crippen LogP contribution in [0, 0.1) is 0 Å². The summed E-state index contributed by atoms with van der Waals surface area (Å²) in [5.41, 5.74) is 0. The molecule has 0 aromatic heterocycles. The van der Waals surface area contributed by atoms with Crippen LogP contribution in [0.15, 0.2) is 51.8 Å². The van der Waals surface area contributed by atoms with E-state index in [0.717, 1.165) is 0 Å². The highest BCUT2D eigenvalue weighted by molar-refractivity contribution is 9.10. The summed E-state index contributed by atoms with van der Waals surface area (Å²) in [6.07, 6.45) is 0. The molecule has 1 aliphatic rings. The van der Waals surface area contributed by atoms with Gasteiger partial charge in [-0.05, 0) is 58.4 Å². The summed E-state index contributed by atoms with van der Waals surface area (Å²) in [5.74, 6) is 0.733. The number of carbonyl (C=O) groups is 1. The van der Waals surface area contributed by atoms with Crippen LogP contribution >= 0.6 is 27.5 Å². The van der Waals surface area contributed by atoms with Gasteiger partial charge in [-0.2, -0.15) is 4.31 Å². The minimum absolute atomic E-state index is 0.145. The van der Waals surface area contributed by atoms with Gasteiger partial charge in [-0.15, -0.1) is 0 Å². The van der Waals surface area contributed by atoms with Crippen molar-refractivity contribution >= 4 is 43.5 Å². The molecule has 1 amide bonds. The summed E-state index contributed by atoms with van der Waals surface area (Å²) >= 11 is 9.19. The van der Waals surface area contributed by atoms with E-state index in [1.165, 1.54) is 16.4 Å². The quantitative estimate of drug-likeness (QED) is 0.498. The molecule has 1 saturated heterocycles. The highest BCUT2D eigenvalue weighted by Gasteiger charge is 2.26. The Morgan fingerprint density at radius 2 is 1.84 bits per heavy atom. The molecule has 1 heterocycles. The number of morpholine rings is 1. The average molecular weight is 534 g/mol. The molecule has 8 nitrogen and oxygen atoms in total. The molecule has 2 aromatic carbocycles. The van der Waals surface area contributed by atoms with Crippen molar-refractivity contribution in [1.82, 2.24) is 9.62 Å². The summed E-state index contributed by atoms with van der Waals surface area (Å²) in [6.45, 7) is 1.85. The van der Waals surface area contributed by atoms with Crippen LogP contribution < -0.4 is 14.8 Å². The second-order valence-corrected chi connectivity index (χ2v) is 9.78. The molecule has 31 heavy (non-hydrogen) atoms. The second kappa shape index (κ2) is 11.1. The van der Waals surface area contributed by atoms with Crippen LogP contribution in [0.5, 0.6) is 11.5 Å². The molecule has 0 aliphatic carbocycles. The molecule has 2 aromatic rings. The van der Waals surface area contributed by atoms with Crippen LogP contribution in [0.3, 0.4) is 0 Å². The van der Waals surface area contributed by atoms with Crippen LogP contribution in [-0.2, 0) is 19.6 Å². The topological polar surface area (TPSA) is 94.2 Å². The van der Waals surface area contributed by atoms with Gasteiger partial charge in [0.1, 0.15) is 18.1 Å². The van der Waals surface area contributed by atoms with Crippen molar-refractivity contribution in [2.45, 2.75) is 4.90 Å². The van der Waals surface area contributed by atoms with Gasteiger partial charge in [0.15, 0.2) is 6.61 Å². The summed E-state index contributed by atoms with van der Waals surface area (Å²) in [5, 5.41) is 3.25. The van der Waals surface area contributed by atoms with Gasteiger partial charge in [-0.1, -0.05) is 11.6 Å². The fourth-order valence-electron chi connectivity index (χ4n) is 2.79. The van der Waals surface area contributed by atoms with Crippen molar-refractivity contribution in [3.8, 4) is 11.5 Å². The number of carbonyl (C=O) groups excluding carboxylic acids is 1. The van der Waals surface area contributed by atoms with E-state index >= 15 is 0 Å². The summed E-state index contributed by atoms with van der Waals surface area (Å²) in [4.78, 5) is 12.1. The van der Waals surface area contributed by atoms with Crippen LogP contribution in [0.25, 0.3) is 0 Å². The van der Waals surface area contributed by atoms with Gasteiger partial charge in [0.25, 0.3) is 5.91 Å². The highest BCUT2D eigenvalue weighted by Crippen LogP contribution is 2.27. The number of halogens is 2. The molecule has 0 spiro atoms. The van der Waals surface area contributed by atoms with Crippen molar-refractivity contribution in [2.75, 3.05) is 46.1 Å². The zero-order valence-corrected chi connectivity index (χ0v) is 19.7. The van der Waals surface area contributed by atoms with Crippen molar-refractivity contribution in [2.24, 2.45) is 0 Å². The van der Waals surface area contributed by atoms with Gasteiger partial charge < -0.3 is 19.5 Å². The molecule has 11 heteroatoms. The molecule has 0 saturated carbocycles. The molecule has 1 aliphatic heterocycles. The normalized spacial score (nSPS) is 14.8. The van der Waals surface area contributed by atoms with E-state index in [1.807, 2.05) is 0 Å². The Kier molecular flexibility index (Phi) is 8.56. The molecule has 0 atom stereocenters. The third-order valence-corrected chi connectivity index (χ3v) is 7.14. The second-order valence-electron chi connectivity index (χ2n) is 6.55. The zero-order valence-electron chi connectivity index (χ0n) is 16.6. The Balaban J connectivity index is 1.40. The van der Waals surface area contributed by atoms with E-state index in [4.69, 9.17) is 25.8 Å². The largest absolute Gasteiger partial charge is 0.492 e. The minimum atomic E-state index is -3.53. The minimum Gasteiger partial charge on any atom is -0.492 e. The van der Waals surface area contributed by atoms with Crippen molar-refractivity contribution < 1.29 is 27.4 Å². The average Bonchev–Trinajstić information content (AvgIpc) is 2.77. The number of ether oxygens (including phenoxy) is 3. The lowest BCUT2D eigenvalue weighted by Gasteiger charge is -2.26. The number of amides is 1. The number of nitrogens with zero attached hydrogens (tertiary/aromatic N) is 1. The predicted octanol–water partition coefficient (Wildman–Crippen LogP) is 2.70. The highest BCUT2D eigenvalue weighted by atomic mass is 79.9. The third-order valence-electron chi connectivity index (χ3n) is 4.38. The van der Waals surface area contributed by atoms with E-state index in [1.54, 1.807) is 30.3 Å². The Morgan fingerprint density at radius 3 is 2.52 bits per heavy atom. The van der Waals surface area contributed by atoms with E-state index in [9.17, 15) is 13.2 Å². The summed E-state index contributed by atoms with van der Waals surface area (Å²) < 4.78 is 43.5. The van der Waals surface area contributed by atoms with Crippen LogP contribution in [-0.4, -0.2) is 64.7 Å². The molecule has 0 bridgehead atoms. The van der Waals surface area contributed by atoms with Crippen molar-refractivity contribution in [1.29, 1.82) is 0 Å². The monoisotopic (exact) mass is 532 g/mol. The van der Waals surface area contributed by atoms with Gasteiger partial charge in [0, 0.05) is 18.1 Å². The number of hydrogen-bond donors (Lipinski definition) is 1. The maximum atomic E-state index is 12.6. The maximum Gasteiger partial charge on any atom is 0.258 e.